The van der Waals surface area contributed by atoms with Crippen LogP contribution in [0.2, 0.25) is 0 Å². The minimum absolute atomic E-state index is 0.462. The lowest BCUT2D eigenvalue weighted by molar-refractivity contribution is 0.552. The fraction of sp³-hybridized carbons (Fsp3) is 0.533. The first-order chi connectivity index (χ1) is 10.1. The van der Waals surface area contributed by atoms with E-state index in [1.807, 2.05) is 19.4 Å². The number of aromatic nitrogens is 4. The van der Waals surface area contributed by atoms with Crippen LogP contribution >= 0.6 is 0 Å². The summed E-state index contributed by atoms with van der Waals surface area (Å²) < 4.78 is 2.12. The molecule has 0 aromatic carbocycles. The highest BCUT2D eigenvalue weighted by Crippen LogP contribution is 2.24. The van der Waals surface area contributed by atoms with E-state index in [9.17, 15) is 0 Å². The van der Waals surface area contributed by atoms with Crippen molar-refractivity contribution in [3.63, 3.8) is 0 Å². The number of anilines is 1. The van der Waals surface area contributed by atoms with Crippen molar-refractivity contribution < 1.29 is 0 Å². The quantitative estimate of drug-likeness (QED) is 0.923. The summed E-state index contributed by atoms with van der Waals surface area (Å²) in [5.74, 6) is 1.03. The summed E-state index contributed by atoms with van der Waals surface area (Å²) in [6.07, 6.45) is 3.80. The number of aryl methyl sites for hydroxylation is 1. The third-order valence-corrected chi connectivity index (χ3v) is 3.78. The zero-order valence-electron chi connectivity index (χ0n) is 12.9. The maximum atomic E-state index is 4.45. The van der Waals surface area contributed by atoms with Crippen molar-refractivity contribution >= 4 is 5.69 Å². The van der Waals surface area contributed by atoms with E-state index in [-0.39, 0.29) is 0 Å². The average molecular weight is 286 g/mol. The SMILES string of the molecule is Cc1cc(N2CCn3cnnc3C2)c(CNC(C)C)cn1. The van der Waals surface area contributed by atoms with Crippen LogP contribution in [0.1, 0.15) is 30.9 Å². The van der Waals surface area contributed by atoms with Crippen LogP contribution < -0.4 is 10.2 Å². The van der Waals surface area contributed by atoms with Crippen molar-refractivity contribution in [3.8, 4) is 0 Å². The predicted molar refractivity (Wildman–Crippen MR) is 82.0 cm³/mol. The average Bonchev–Trinajstić information content (AvgIpc) is 2.93. The lowest BCUT2D eigenvalue weighted by Crippen LogP contribution is -2.35. The van der Waals surface area contributed by atoms with E-state index < -0.39 is 0 Å². The Morgan fingerprint density at radius 3 is 3.00 bits per heavy atom. The summed E-state index contributed by atoms with van der Waals surface area (Å²) in [5.41, 5.74) is 3.54. The third-order valence-electron chi connectivity index (χ3n) is 3.78. The van der Waals surface area contributed by atoms with Gasteiger partial charge in [0.05, 0.1) is 6.54 Å². The van der Waals surface area contributed by atoms with Crippen LogP contribution in [0, 0.1) is 6.92 Å². The van der Waals surface area contributed by atoms with E-state index in [1.54, 1.807) is 0 Å². The second-order valence-electron chi connectivity index (χ2n) is 5.85. The van der Waals surface area contributed by atoms with E-state index in [1.165, 1.54) is 11.3 Å². The maximum absolute atomic E-state index is 4.45. The Kier molecular flexibility index (Phi) is 3.88. The van der Waals surface area contributed by atoms with Crippen molar-refractivity contribution in [2.24, 2.45) is 0 Å². The molecular formula is C15H22N6. The summed E-state index contributed by atoms with van der Waals surface area (Å²) in [6, 6.07) is 2.63. The largest absolute Gasteiger partial charge is 0.362 e. The first-order valence-corrected chi connectivity index (χ1v) is 7.44. The van der Waals surface area contributed by atoms with Crippen molar-refractivity contribution in [3.05, 3.63) is 35.7 Å². The molecule has 6 nitrogen and oxygen atoms in total. The smallest absolute Gasteiger partial charge is 0.152 e. The van der Waals surface area contributed by atoms with Crippen LogP contribution in [0.15, 0.2) is 18.6 Å². The second kappa shape index (κ2) is 5.81. The molecule has 0 saturated heterocycles. The van der Waals surface area contributed by atoms with Crippen molar-refractivity contribution in [1.82, 2.24) is 25.1 Å². The minimum atomic E-state index is 0.462. The number of hydrogen-bond donors (Lipinski definition) is 1. The van der Waals surface area contributed by atoms with Gasteiger partial charge in [-0.3, -0.25) is 4.98 Å². The van der Waals surface area contributed by atoms with Gasteiger partial charge < -0.3 is 14.8 Å². The van der Waals surface area contributed by atoms with E-state index in [4.69, 9.17) is 0 Å². The molecule has 0 saturated carbocycles. The highest BCUT2D eigenvalue weighted by atomic mass is 15.3. The van der Waals surface area contributed by atoms with Crippen molar-refractivity contribution in [2.75, 3.05) is 11.4 Å². The number of hydrogen-bond acceptors (Lipinski definition) is 5. The highest BCUT2D eigenvalue weighted by Gasteiger charge is 2.20. The molecule has 0 atom stereocenters. The molecule has 0 bridgehead atoms. The molecule has 112 valence electrons. The monoisotopic (exact) mass is 286 g/mol. The Morgan fingerprint density at radius 2 is 2.19 bits per heavy atom. The Morgan fingerprint density at radius 1 is 1.33 bits per heavy atom. The topological polar surface area (TPSA) is 58.9 Å². The molecule has 3 heterocycles. The zero-order valence-corrected chi connectivity index (χ0v) is 12.9. The number of rotatable bonds is 4. The Labute approximate surface area is 125 Å². The summed E-state index contributed by atoms with van der Waals surface area (Å²) in [5, 5.41) is 11.7. The van der Waals surface area contributed by atoms with E-state index >= 15 is 0 Å². The first-order valence-electron chi connectivity index (χ1n) is 7.44. The number of nitrogens with zero attached hydrogens (tertiary/aromatic N) is 5. The molecular weight excluding hydrogens is 264 g/mol. The van der Waals surface area contributed by atoms with Gasteiger partial charge in [0.2, 0.25) is 0 Å². The van der Waals surface area contributed by atoms with Gasteiger partial charge in [-0.25, -0.2) is 0 Å². The van der Waals surface area contributed by atoms with Gasteiger partial charge in [-0.2, -0.15) is 0 Å². The lowest BCUT2D eigenvalue weighted by Gasteiger charge is -2.31. The fourth-order valence-electron chi connectivity index (χ4n) is 2.59. The minimum Gasteiger partial charge on any atom is -0.362 e. The molecule has 1 aliphatic rings. The van der Waals surface area contributed by atoms with Gasteiger partial charge >= 0.3 is 0 Å². The second-order valence-corrected chi connectivity index (χ2v) is 5.85. The molecule has 0 spiro atoms. The van der Waals surface area contributed by atoms with Crippen molar-refractivity contribution in [2.45, 2.75) is 46.4 Å². The van der Waals surface area contributed by atoms with Crippen LogP contribution in [0.4, 0.5) is 5.69 Å². The van der Waals surface area contributed by atoms with Gasteiger partial charge in [0.1, 0.15) is 6.33 Å². The van der Waals surface area contributed by atoms with Crippen LogP contribution in [-0.4, -0.2) is 32.3 Å². The molecule has 0 radical (unpaired) electrons. The normalized spacial score (nSPS) is 14.6. The maximum Gasteiger partial charge on any atom is 0.152 e. The molecule has 2 aromatic heterocycles. The van der Waals surface area contributed by atoms with Gasteiger partial charge in [0.25, 0.3) is 0 Å². The molecule has 0 aliphatic carbocycles. The standard InChI is InChI=1S/C15H22N6/c1-11(2)16-7-13-8-17-12(3)6-14(13)20-4-5-21-10-18-19-15(21)9-20/h6,8,10-11,16H,4-5,7,9H2,1-3H3. The summed E-state index contributed by atoms with van der Waals surface area (Å²) >= 11 is 0. The number of pyridine rings is 1. The van der Waals surface area contributed by atoms with Gasteiger partial charge in [-0.15, -0.1) is 10.2 Å². The summed E-state index contributed by atoms with van der Waals surface area (Å²) in [4.78, 5) is 6.82. The fourth-order valence-corrected chi connectivity index (χ4v) is 2.59. The van der Waals surface area contributed by atoms with Crippen LogP contribution in [-0.2, 0) is 19.6 Å². The molecule has 3 rings (SSSR count). The highest BCUT2D eigenvalue weighted by molar-refractivity contribution is 5.54. The van der Waals surface area contributed by atoms with Gasteiger partial charge in [-0.05, 0) is 13.0 Å². The number of fused-ring (bicyclic) bond motifs is 1. The third kappa shape index (κ3) is 3.05. The molecule has 1 N–H and O–H groups in total. The lowest BCUT2D eigenvalue weighted by atomic mass is 10.1. The van der Waals surface area contributed by atoms with Crippen molar-refractivity contribution in [1.29, 1.82) is 0 Å². The summed E-state index contributed by atoms with van der Waals surface area (Å²) in [6.45, 7) is 9.90. The molecule has 21 heavy (non-hydrogen) atoms. The predicted octanol–water partition coefficient (Wildman–Crippen LogP) is 1.50. The Bertz CT molecular complexity index is 618. The van der Waals surface area contributed by atoms with E-state index in [2.05, 4.69) is 49.9 Å². The molecule has 0 fully saturated rings. The van der Waals surface area contributed by atoms with Gasteiger partial charge in [0, 0.05) is 48.8 Å². The Hall–Kier alpha value is -1.95. The molecule has 6 heteroatoms. The molecule has 2 aromatic rings. The van der Waals surface area contributed by atoms with Crippen LogP contribution in [0.3, 0.4) is 0 Å². The van der Waals surface area contributed by atoms with Crippen LogP contribution in [0.25, 0.3) is 0 Å². The molecule has 0 unspecified atom stereocenters. The van der Waals surface area contributed by atoms with Gasteiger partial charge in [-0.1, -0.05) is 13.8 Å². The van der Waals surface area contributed by atoms with Crippen LogP contribution in [0.5, 0.6) is 0 Å². The molecule has 0 amide bonds. The molecule has 1 aliphatic heterocycles. The summed E-state index contributed by atoms with van der Waals surface area (Å²) in [7, 11) is 0. The van der Waals surface area contributed by atoms with E-state index in [0.29, 0.717) is 6.04 Å². The Balaban J connectivity index is 1.85. The first kappa shape index (κ1) is 14.0. The number of nitrogens with one attached hydrogen (secondary N) is 1. The van der Waals surface area contributed by atoms with E-state index in [0.717, 1.165) is 37.7 Å². The zero-order chi connectivity index (χ0) is 14.8. The van der Waals surface area contributed by atoms with Gasteiger partial charge in [0.15, 0.2) is 5.82 Å².